The third-order valence-corrected chi connectivity index (χ3v) is 6.76. The quantitative estimate of drug-likeness (QED) is 0.455. The lowest BCUT2D eigenvalue weighted by molar-refractivity contribution is 0.0925. The van der Waals surface area contributed by atoms with Gasteiger partial charge in [-0.1, -0.05) is 42.8 Å². The minimum Gasteiger partial charge on any atom is -0.382 e. The molecule has 0 spiro atoms. The van der Waals surface area contributed by atoms with E-state index in [0.717, 1.165) is 45.2 Å². The van der Waals surface area contributed by atoms with E-state index in [1.807, 2.05) is 24.3 Å². The van der Waals surface area contributed by atoms with Crippen LogP contribution < -0.4 is 21.7 Å². The summed E-state index contributed by atoms with van der Waals surface area (Å²) in [5, 5.41) is 9.51. The monoisotopic (exact) mass is 470 g/mol. The summed E-state index contributed by atoms with van der Waals surface area (Å²) >= 11 is 0. The molecule has 1 aliphatic carbocycles. The Balaban J connectivity index is 1.32. The van der Waals surface area contributed by atoms with Crippen LogP contribution in [0.25, 0.3) is 11.3 Å². The smallest absolute Gasteiger partial charge is 0.274 e. The normalized spacial score (nSPS) is 19.4. The molecule has 1 aromatic heterocycles. The Hall–Kier alpha value is -3.78. The average molecular weight is 471 g/mol. The average Bonchev–Trinajstić information content (AvgIpc) is 3.10. The zero-order valence-corrected chi connectivity index (χ0v) is 19.6. The fourth-order valence-electron chi connectivity index (χ4n) is 4.87. The van der Waals surface area contributed by atoms with Crippen LogP contribution in [0.5, 0.6) is 0 Å². The summed E-state index contributed by atoms with van der Waals surface area (Å²) in [6, 6.07) is 15.5. The summed E-state index contributed by atoms with van der Waals surface area (Å²) in [4.78, 5) is 34.7. The van der Waals surface area contributed by atoms with Gasteiger partial charge in [-0.2, -0.15) is 0 Å². The molecule has 3 aromatic rings. The first kappa shape index (κ1) is 23.0. The van der Waals surface area contributed by atoms with E-state index in [9.17, 15) is 9.59 Å². The maximum absolute atomic E-state index is 13.0. The van der Waals surface area contributed by atoms with Crippen molar-refractivity contribution in [2.75, 3.05) is 18.8 Å². The van der Waals surface area contributed by atoms with Crippen LogP contribution >= 0.6 is 0 Å². The first-order valence-electron chi connectivity index (χ1n) is 12.2. The number of carbonyl (C=O) groups is 2. The number of anilines is 1. The predicted molar refractivity (Wildman–Crippen MR) is 135 cm³/mol. The molecule has 0 bridgehead atoms. The number of nitrogens with one attached hydrogen (secondary N) is 3. The molecule has 2 heterocycles. The number of rotatable bonds is 5. The molecule has 1 aliphatic heterocycles. The van der Waals surface area contributed by atoms with Crippen molar-refractivity contribution in [3.05, 3.63) is 77.1 Å². The SMILES string of the molecule is Nc1ncc(-c2cccc(C(=O)N[C@H]3CCc4ccccc43)c2)nc1C(=O)N[C@H]1CCCCNC1. The van der Waals surface area contributed by atoms with E-state index in [1.165, 1.54) is 17.3 Å². The number of fused-ring (bicyclic) bond motifs is 1. The highest BCUT2D eigenvalue weighted by atomic mass is 16.2. The Bertz CT molecular complexity index is 1240. The number of hydrogen-bond donors (Lipinski definition) is 4. The van der Waals surface area contributed by atoms with Gasteiger partial charge in [0.2, 0.25) is 0 Å². The number of amides is 2. The summed E-state index contributed by atoms with van der Waals surface area (Å²) in [5.41, 5.74) is 10.3. The topological polar surface area (TPSA) is 122 Å². The van der Waals surface area contributed by atoms with E-state index in [2.05, 4.69) is 38.1 Å². The maximum Gasteiger partial charge on any atom is 0.274 e. The molecular formula is C27H30N6O2. The molecule has 2 amide bonds. The number of benzene rings is 2. The van der Waals surface area contributed by atoms with Gasteiger partial charge in [0.15, 0.2) is 11.5 Å². The standard InChI is InChI=1S/C27H30N6O2/c28-25-24(27(35)31-20-9-3-4-13-29-15-20)32-23(16-30-25)18-7-5-8-19(14-18)26(34)33-22-12-11-17-6-1-2-10-21(17)22/h1-2,5-8,10,14,16,20,22,29H,3-4,9,11-13,15H2,(H2,28,30)(H,31,35)(H,33,34)/t20-,22-/m0/s1. The lowest BCUT2D eigenvalue weighted by atomic mass is 10.1. The second-order valence-corrected chi connectivity index (χ2v) is 9.20. The second kappa shape index (κ2) is 10.2. The number of aryl methyl sites for hydroxylation is 1. The van der Waals surface area contributed by atoms with E-state index in [-0.39, 0.29) is 35.4 Å². The lowest BCUT2D eigenvalue weighted by Gasteiger charge is -2.17. The van der Waals surface area contributed by atoms with Crippen molar-refractivity contribution >= 4 is 17.6 Å². The largest absolute Gasteiger partial charge is 0.382 e. The number of nitrogen functional groups attached to an aromatic ring is 1. The van der Waals surface area contributed by atoms with Gasteiger partial charge in [-0.3, -0.25) is 9.59 Å². The molecule has 0 radical (unpaired) electrons. The molecule has 0 unspecified atom stereocenters. The second-order valence-electron chi connectivity index (χ2n) is 9.20. The van der Waals surface area contributed by atoms with Gasteiger partial charge in [0.25, 0.3) is 11.8 Å². The minimum absolute atomic E-state index is 0.00690. The molecule has 2 atom stereocenters. The van der Waals surface area contributed by atoms with Gasteiger partial charge < -0.3 is 21.7 Å². The van der Waals surface area contributed by atoms with Crippen LogP contribution in [0.1, 0.15) is 63.7 Å². The molecule has 0 saturated carbocycles. The first-order valence-corrected chi connectivity index (χ1v) is 12.2. The first-order chi connectivity index (χ1) is 17.1. The molecular weight excluding hydrogens is 440 g/mol. The van der Waals surface area contributed by atoms with Gasteiger partial charge in [0, 0.05) is 23.7 Å². The van der Waals surface area contributed by atoms with E-state index in [4.69, 9.17) is 5.73 Å². The molecule has 8 heteroatoms. The summed E-state index contributed by atoms with van der Waals surface area (Å²) in [6.45, 7) is 1.68. The van der Waals surface area contributed by atoms with Gasteiger partial charge in [-0.25, -0.2) is 9.97 Å². The summed E-state index contributed by atoms with van der Waals surface area (Å²) in [5.74, 6) is -0.392. The van der Waals surface area contributed by atoms with Gasteiger partial charge >= 0.3 is 0 Å². The zero-order chi connectivity index (χ0) is 24.2. The van der Waals surface area contributed by atoms with Crippen LogP contribution in [0.4, 0.5) is 5.82 Å². The molecule has 2 aromatic carbocycles. The number of nitrogens with two attached hydrogens (primary N) is 1. The fraction of sp³-hybridized carbons (Fsp3) is 0.333. The Morgan fingerprint density at radius 3 is 2.80 bits per heavy atom. The van der Waals surface area contributed by atoms with Crippen LogP contribution in [-0.4, -0.2) is 40.9 Å². The van der Waals surface area contributed by atoms with Gasteiger partial charge in [-0.05, 0) is 55.5 Å². The van der Waals surface area contributed by atoms with Crippen LogP contribution in [0.2, 0.25) is 0 Å². The van der Waals surface area contributed by atoms with E-state index >= 15 is 0 Å². The Labute approximate surface area is 204 Å². The fourth-order valence-corrected chi connectivity index (χ4v) is 4.87. The van der Waals surface area contributed by atoms with Crippen molar-refractivity contribution in [1.82, 2.24) is 25.9 Å². The van der Waals surface area contributed by atoms with Crippen LogP contribution in [-0.2, 0) is 6.42 Å². The molecule has 35 heavy (non-hydrogen) atoms. The summed E-state index contributed by atoms with van der Waals surface area (Å²) in [7, 11) is 0. The number of carbonyl (C=O) groups excluding carboxylic acids is 2. The van der Waals surface area contributed by atoms with Crippen LogP contribution in [0.3, 0.4) is 0 Å². The maximum atomic E-state index is 13.0. The van der Waals surface area contributed by atoms with Crippen LogP contribution in [0.15, 0.2) is 54.7 Å². The molecule has 1 fully saturated rings. The highest BCUT2D eigenvalue weighted by Crippen LogP contribution is 2.31. The third kappa shape index (κ3) is 5.17. The van der Waals surface area contributed by atoms with Crippen LogP contribution in [0, 0.1) is 0 Å². The number of hydrogen-bond acceptors (Lipinski definition) is 6. The zero-order valence-electron chi connectivity index (χ0n) is 19.6. The number of aromatic nitrogens is 2. The van der Waals surface area contributed by atoms with E-state index in [1.54, 1.807) is 12.1 Å². The van der Waals surface area contributed by atoms with E-state index < -0.39 is 0 Å². The lowest BCUT2D eigenvalue weighted by Crippen LogP contribution is -2.41. The molecule has 2 aliphatic rings. The van der Waals surface area contributed by atoms with Crippen molar-refractivity contribution in [2.45, 2.75) is 44.2 Å². The van der Waals surface area contributed by atoms with Gasteiger partial charge in [-0.15, -0.1) is 0 Å². The molecule has 180 valence electrons. The summed E-state index contributed by atoms with van der Waals surface area (Å²) in [6.07, 6.45) is 6.45. The third-order valence-electron chi connectivity index (χ3n) is 6.76. The van der Waals surface area contributed by atoms with Gasteiger partial charge in [0.05, 0.1) is 17.9 Å². The molecule has 5 rings (SSSR count). The van der Waals surface area contributed by atoms with Crippen molar-refractivity contribution in [1.29, 1.82) is 0 Å². The molecule has 8 nitrogen and oxygen atoms in total. The van der Waals surface area contributed by atoms with E-state index in [0.29, 0.717) is 16.8 Å². The predicted octanol–water partition coefficient (Wildman–Crippen LogP) is 3.02. The minimum atomic E-state index is -0.334. The number of nitrogens with zero attached hydrogens (tertiary/aromatic N) is 2. The van der Waals surface area contributed by atoms with Gasteiger partial charge in [0.1, 0.15) is 0 Å². The van der Waals surface area contributed by atoms with Crippen molar-refractivity contribution in [2.24, 2.45) is 0 Å². The van der Waals surface area contributed by atoms with Crippen molar-refractivity contribution < 1.29 is 9.59 Å². The highest BCUT2D eigenvalue weighted by Gasteiger charge is 2.24. The Kier molecular flexibility index (Phi) is 6.72. The van der Waals surface area contributed by atoms with Crippen molar-refractivity contribution in [3.8, 4) is 11.3 Å². The Morgan fingerprint density at radius 2 is 1.89 bits per heavy atom. The molecule has 5 N–H and O–H groups in total. The Morgan fingerprint density at radius 1 is 1.00 bits per heavy atom. The highest BCUT2D eigenvalue weighted by molar-refractivity contribution is 5.97. The summed E-state index contributed by atoms with van der Waals surface area (Å²) < 4.78 is 0. The van der Waals surface area contributed by atoms with Crippen molar-refractivity contribution in [3.63, 3.8) is 0 Å². The molecule has 1 saturated heterocycles.